The standard InChI is InChI=1S/C27H23NO7/c1-34-26-14-19(6-10-24(26)32)5-9-23(31)15-22(30)8-4-18-7-11-25(21(13-18)17-29)35-27(33)20-3-2-12-28-16-20/h2-14,16,29,32H,15,17H2,1H3/b8-4+,9-5+. The number of benzene rings is 2. The third kappa shape index (κ3) is 7.21. The highest BCUT2D eigenvalue weighted by atomic mass is 16.5. The van der Waals surface area contributed by atoms with Crippen molar-refractivity contribution >= 4 is 29.7 Å². The van der Waals surface area contributed by atoms with Crippen LogP contribution >= 0.6 is 0 Å². The van der Waals surface area contributed by atoms with Crippen LogP contribution in [0.4, 0.5) is 0 Å². The lowest BCUT2D eigenvalue weighted by Gasteiger charge is -2.09. The number of rotatable bonds is 10. The van der Waals surface area contributed by atoms with E-state index in [4.69, 9.17) is 9.47 Å². The van der Waals surface area contributed by atoms with Crippen LogP contribution < -0.4 is 9.47 Å². The van der Waals surface area contributed by atoms with Gasteiger partial charge in [0.05, 0.1) is 25.7 Å². The first kappa shape index (κ1) is 25.1. The van der Waals surface area contributed by atoms with E-state index in [2.05, 4.69) is 4.98 Å². The van der Waals surface area contributed by atoms with Gasteiger partial charge in [-0.3, -0.25) is 14.6 Å². The Kier molecular flexibility index (Phi) is 8.64. The average molecular weight is 473 g/mol. The summed E-state index contributed by atoms with van der Waals surface area (Å²) in [5, 5.41) is 19.3. The summed E-state index contributed by atoms with van der Waals surface area (Å²) in [6.45, 7) is -0.378. The van der Waals surface area contributed by atoms with Gasteiger partial charge in [-0.25, -0.2) is 4.79 Å². The predicted molar refractivity (Wildman–Crippen MR) is 129 cm³/mol. The van der Waals surface area contributed by atoms with Gasteiger partial charge in [0.2, 0.25) is 0 Å². The number of carbonyl (C=O) groups excluding carboxylic acids is 3. The van der Waals surface area contributed by atoms with Gasteiger partial charge in [0.1, 0.15) is 5.75 Å². The summed E-state index contributed by atoms with van der Waals surface area (Å²) in [5.41, 5.74) is 1.86. The number of nitrogens with zero attached hydrogens (tertiary/aromatic N) is 1. The highest BCUT2D eigenvalue weighted by Crippen LogP contribution is 2.27. The van der Waals surface area contributed by atoms with Crippen LogP contribution in [0.2, 0.25) is 0 Å². The summed E-state index contributed by atoms with van der Waals surface area (Å²) >= 11 is 0. The number of pyridine rings is 1. The molecule has 2 N–H and O–H groups in total. The number of carbonyl (C=O) groups is 3. The van der Waals surface area contributed by atoms with Gasteiger partial charge in [0, 0.05) is 18.0 Å². The van der Waals surface area contributed by atoms with Crippen molar-refractivity contribution in [2.45, 2.75) is 13.0 Å². The Hall–Kier alpha value is -4.56. The second kappa shape index (κ2) is 12.1. The van der Waals surface area contributed by atoms with Crippen molar-refractivity contribution in [1.82, 2.24) is 4.98 Å². The van der Waals surface area contributed by atoms with Crippen LogP contribution in [0.1, 0.15) is 33.5 Å². The van der Waals surface area contributed by atoms with Crippen LogP contribution in [0.15, 0.2) is 73.1 Å². The second-order valence-corrected chi connectivity index (χ2v) is 7.36. The fraction of sp³-hybridized carbons (Fsp3) is 0.111. The first-order valence-corrected chi connectivity index (χ1v) is 10.5. The number of phenolic OH excluding ortho intramolecular Hbond substituents is 1. The van der Waals surface area contributed by atoms with Gasteiger partial charge in [0.25, 0.3) is 0 Å². The van der Waals surface area contributed by atoms with Crippen molar-refractivity contribution in [3.8, 4) is 17.2 Å². The summed E-state index contributed by atoms with van der Waals surface area (Å²) in [4.78, 5) is 40.4. The van der Waals surface area contributed by atoms with Gasteiger partial charge >= 0.3 is 5.97 Å². The first-order chi connectivity index (χ1) is 16.9. The van der Waals surface area contributed by atoms with Crippen LogP contribution in [-0.4, -0.2) is 39.8 Å². The van der Waals surface area contributed by atoms with Crippen LogP contribution in [0.3, 0.4) is 0 Å². The molecule has 0 aliphatic rings. The molecular weight excluding hydrogens is 450 g/mol. The molecule has 178 valence electrons. The molecule has 1 aromatic heterocycles. The number of aromatic hydroxyl groups is 1. The van der Waals surface area contributed by atoms with Crippen LogP contribution in [0.25, 0.3) is 12.2 Å². The lowest BCUT2D eigenvalue weighted by Crippen LogP contribution is -2.10. The Balaban J connectivity index is 1.60. The van der Waals surface area contributed by atoms with Gasteiger partial charge < -0.3 is 19.7 Å². The molecule has 0 amide bonds. The van der Waals surface area contributed by atoms with E-state index in [0.717, 1.165) is 0 Å². The Morgan fingerprint density at radius 2 is 1.63 bits per heavy atom. The molecule has 8 nitrogen and oxygen atoms in total. The van der Waals surface area contributed by atoms with Gasteiger partial charge in [-0.05, 0) is 59.7 Å². The zero-order valence-electron chi connectivity index (χ0n) is 18.9. The van der Waals surface area contributed by atoms with Crippen molar-refractivity contribution in [2.24, 2.45) is 0 Å². The maximum absolute atomic E-state index is 12.2. The van der Waals surface area contributed by atoms with E-state index in [0.29, 0.717) is 16.7 Å². The number of aromatic nitrogens is 1. The molecular formula is C27H23NO7. The quantitative estimate of drug-likeness (QED) is 0.197. The molecule has 0 fully saturated rings. The number of allylic oxidation sites excluding steroid dienone is 2. The lowest BCUT2D eigenvalue weighted by atomic mass is 10.1. The maximum atomic E-state index is 12.2. The van der Waals surface area contributed by atoms with E-state index in [9.17, 15) is 24.6 Å². The second-order valence-electron chi connectivity index (χ2n) is 7.36. The molecule has 0 aliphatic heterocycles. The number of aliphatic hydroxyl groups is 1. The topological polar surface area (TPSA) is 123 Å². The minimum absolute atomic E-state index is 0.0136. The summed E-state index contributed by atoms with van der Waals surface area (Å²) < 4.78 is 10.4. The Bertz CT molecular complexity index is 1280. The zero-order valence-corrected chi connectivity index (χ0v) is 18.9. The van der Waals surface area contributed by atoms with Crippen molar-refractivity contribution in [3.05, 3.63) is 95.3 Å². The van der Waals surface area contributed by atoms with E-state index < -0.39 is 11.8 Å². The van der Waals surface area contributed by atoms with E-state index >= 15 is 0 Å². The number of ketones is 2. The van der Waals surface area contributed by atoms with Gasteiger partial charge in [-0.15, -0.1) is 0 Å². The molecule has 2 aromatic carbocycles. The molecule has 0 saturated heterocycles. The number of esters is 1. The van der Waals surface area contributed by atoms with Gasteiger partial charge in [-0.1, -0.05) is 24.3 Å². The number of hydrogen-bond donors (Lipinski definition) is 2. The molecule has 8 heteroatoms. The number of ether oxygens (including phenoxy) is 2. The molecule has 0 bridgehead atoms. The minimum atomic E-state index is -0.608. The van der Waals surface area contributed by atoms with Crippen LogP contribution in [0.5, 0.6) is 17.2 Å². The van der Waals surface area contributed by atoms with Crippen LogP contribution in [-0.2, 0) is 16.2 Å². The molecule has 0 aliphatic carbocycles. The third-order valence-corrected chi connectivity index (χ3v) is 4.83. The Morgan fingerprint density at radius 3 is 2.26 bits per heavy atom. The summed E-state index contributed by atoms with van der Waals surface area (Å²) in [6.07, 6.45) is 8.18. The summed E-state index contributed by atoms with van der Waals surface area (Å²) in [7, 11) is 1.42. The first-order valence-electron chi connectivity index (χ1n) is 10.5. The van der Waals surface area contributed by atoms with E-state index in [1.165, 1.54) is 55.9 Å². The molecule has 1 heterocycles. The van der Waals surface area contributed by atoms with Gasteiger partial charge in [0.15, 0.2) is 23.1 Å². The number of aliphatic hydroxyl groups excluding tert-OH is 1. The zero-order chi connectivity index (χ0) is 25.2. The number of hydrogen-bond acceptors (Lipinski definition) is 8. The van der Waals surface area contributed by atoms with E-state index in [1.807, 2.05) is 0 Å². The van der Waals surface area contributed by atoms with Crippen LogP contribution in [0, 0.1) is 0 Å². The van der Waals surface area contributed by atoms with Crippen molar-refractivity contribution in [3.63, 3.8) is 0 Å². The van der Waals surface area contributed by atoms with Crippen molar-refractivity contribution in [2.75, 3.05) is 7.11 Å². The smallest absolute Gasteiger partial charge is 0.345 e. The Labute approximate surface area is 201 Å². The fourth-order valence-corrected chi connectivity index (χ4v) is 3.03. The molecule has 0 saturated carbocycles. The van der Waals surface area contributed by atoms with E-state index in [-0.39, 0.29) is 41.6 Å². The molecule has 0 atom stereocenters. The summed E-state index contributed by atoms with van der Waals surface area (Å²) in [5.74, 6) is -0.945. The van der Waals surface area contributed by atoms with Crippen molar-refractivity contribution in [1.29, 1.82) is 0 Å². The number of phenols is 1. The molecule has 3 aromatic rings. The SMILES string of the molecule is COc1cc(/C=C/C(=O)CC(=O)/C=C/c2ccc(OC(=O)c3cccnc3)c(CO)c2)ccc1O. The summed E-state index contributed by atoms with van der Waals surface area (Å²) in [6, 6.07) is 12.5. The maximum Gasteiger partial charge on any atom is 0.345 e. The largest absolute Gasteiger partial charge is 0.504 e. The molecule has 3 rings (SSSR count). The van der Waals surface area contributed by atoms with E-state index in [1.54, 1.807) is 36.4 Å². The predicted octanol–water partition coefficient (Wildman–Crippen LogP) is 3.76. The average Bonchev–Trinajstić information content (AvgIpc) is 2.88. The normalized spacial score (nSPS) is 11.0. The molecule has 35 heavy (non-hydrogen) atoms. The third-order valence-electron chi connectivity index (χ3n) is 4.83. The minimum Gasteiger partial charge on any atom is -0.504 e. The monoisotopic (exact) mass is 473 g/mol. The molecule has 0 spiro atoms. The fourth-order valence-electron chi connectivity index (χ4n) is 3.03. The molecule has 0 radical (unpaired) electrons. The molecule has 0 unspecified atom stereocenters. The van der Waals surface area contributed by atoms with Crippen molar-refractivity contribution < 1.29 is 34.1 Å². The Morgan fingerprint density at radius 1 is 0.943 bits per heavy atom. The highest BCUT2D eigenvalue weighted by molar-refractivity contribution is 6.10. The highest BCUT2D eigenvalue weighted by Gasteiger charge is 2.12. The lowest BCUT2D eigenvalue weighted by molar-refractivity contribution is -0.121. The number of methoxy groups -OCH3 is 1. The van der Waals surface area contributed by atoms with Gasteiger partial charge in [-0.2, -0.15) is 0 Å².